The molecule has 166 valence electrons. The van der Waals surface area contributed by atoms with Crippen LogP contribution in [0.3, 0.4) is 0 Å². The number of carbonyl (C=O) groups excluding carboxylic acids is 1. The molecule has 0 radical (unpaired) electrons. The van der Waals surface area contributed by atoms with E-state index in [1.165, 1.54) is 18.0 Å². The molecule has 0 aliphatic heterocycles. The van der Waals surface area contributed by atoms with Gasteiger partial charge in [0.25, 0.3) is 5.91 Å². The number of hydrogen-bond donors (Lipinski definition) is 1. The third kappa shape index (κ3) is 5.75. The minimum absolute atomic E-state index is 0.0775. The molecular formula is C23H16Cl3N5OS. The summed E-state index contributed by atoms with van der Waals surface area (Å²) in [5, 5.41) is 14.7. The molecule has 0 saturated carbocycles. The van der Waals surface area contributed by atoms with E-state index in [0.29, 0.717) is 31.6 Å². The molecule has 0 atom stereocenters. The van der Waals surface area contributed by atoms with E-state index >= 15 is 0 Å². The average Bonchev–Trinajstić information content (AvgIpc) is 3.25. The third-order valence-corrected chi connectivity index (χ3v) is 6.31. The molecule has 0 saturated heterocycles. The maximum Gasteiger partial charge on any atom is 0.250 e. The minimum atomic E-state index is -0.314. The largest absolute Gasteiger partial charge is 0.272 e. The van der Waals surface area contributed by atoms with Gasteiger partial charge >= 0.3 is 0 Å². The lowest BCUT2D eigenvalue weighted by molar-refractivity contribution is -0.118. The first kappa shape index (κ1) is 23.3. The maximum atomic E-state index is 12.4. The molecule has 4 aromatic rings. The van der Waals surface area contributed by atoms with Gasteiger partial charge in [-0.3, -0.25) is 9.36 Å². The Kier molecular flexibility index (Phi) is 7.67. The lowest BCUT2D eigenvalue weighted by atomic mass is 10.2. The van der Waals surface area contributed by atoms with Crippen LogP contribution in [0.5, 0.6) is 0 Å². The lowest BCUT2D eigenvalue weighted by Gasteiger charge is -2.10. The second-order valence-electron chi connectivity index (χ2n) is 6.70. The Labute approximate surface area is 209 Å². The Balaban J connectivity index is 1.51. The lowest BCUT2D eigenvalue weighted by Crippen LogP contribution is -2.20. The summed E-state index contributed by atoms with van der Waals surface area (Å²) >= 11 is 19.5. The van der Waals surface area contributed by atoms with Gasteiger partial charge in [0.15, 0.2) is 11.0 Å². The summed E-state index contributed by atoms with van der Waals surface area (Å²) in [4.78, 5) is 12.4. The van der Waals surface area contributed by atoms with Gasteiger partial charge in [-0.2, -0.15) is 5.10 Å². The van der Waals surface area contributed by atoms with Crippen LogP contribution in [0.15, 0.2) is 83.1 Å². The predicted octanol–water partition coefficient (Wildman–Crippen LogP) is 6.14. The Morgan fingerprint density at radius 3 is 2.33 bits per heavy atom. The first-order valence-corrected chi connectivity index (χ1v) is 11.8. The molecule has 0 spiro atoms. The van der Waals surface area contributed by atoms with E-state index in [2.05, 4.69) is 20.7 Å². The fourth-order valence-corrected chi connectivity index (χ4v) is 4.29. The van der Waals surface area contributed by atoms with Gasteiger partial charge in [-0.15, -0.1) is 10.2 Å². The fourth-order valence-electron chi connectivity index (χ4n) is 2.93. The number of nitrogens with zero attached hydrogens (tertiary/aromatic N) is 4. The van der Waals surface area contributed by atoms with Crippen molar-refractivity contribution in [1.82, 2.24) is 20.2 Å². The summed E-state index contributed by atoms with van der Waals surface area (Å²) < 4.78 is 1.89. The van der Waals surface area contributed by atoms with Crippen molar-refractivity contribution in [2.75, 3.05) is 5.75 Å². The normalized spacial score (nSPS) is 11.1. The van der Waals surface area contributed by atoms with E-state index in [1.807, 2.05) is 47.0 Å². The van der Waals surface area contributed by atoms with E-state index < -0.39 is 0 Å². The highest BCUT2D eigenvalue weighted by atomic mass is 35.5. The predicted molar refractivity (Wildman–Crippen MR) is 135 cm³/mol. The van der Waals surface area contributed by atoms with Crippen molar-refractivity contribution in [3.63, 3.8) is 0 Å². The molecule has 4 rings (SSSR count). The van der Waals surface area contributed by atoms with E-state index in [-0.39, 0.29) is 11.7 Å². The quantitative estimate of drug-likeness (QED) is 0.182. The van der Waals surface area contributed by atoms with Crippen LogP contribution in [-0.4, -0.2) is 32.6 Å². The zero-order valence-electron chi connectivity index (χ0n) is 17.0. The van der Waals surface area contributed by atoms with Gasteiger partial charge in [-0.05, 0) is 36.4 Å². The number of benzene rings is 3. The molecule has 0 bridgehead atoms. The standard InChI is InChI=1S/C23H16Cl3N5OS/c24-16-9-11-17(12-10-16)31-22(15-5-2-1-3-6-15)29-30-23(31)33-14-21(32)28-27-13-18-19(25)7-4-8-20(18)26/h1-13H,14H2,(H,28,32)/b27-13+. The smallest absolute Gasteiger partial charge is 0.250 e. The van der Waals surface area contributed by atoms with Crippen molar-refractivity contribution in [3.05, 3.63) is 93.4 Å². The first-order chi connectivity index (χ1) is 16.0. The second kappa shape index (κ2) is 10.9. The van der Waals surface area contributed by atoms with Crippen molar-refractivity contribution < 1.29 is 4.79 Å². The highest BCUT2D eigenvalue weighted by Crippen LogP contribution is 2.28. The number of aromatic nitrogens is 3. The number of nitrogens with one attached hydrogen (secondary N) is 1. The van der Waals surface area contributed by atoms with Crippen LogP contribution < -0.4 is 5.43 Å². The number of halogens is 3. The molecule has 1 aromatic heterocycles. The van der Waals surface area contributed by atoms with E-state index in [9.17, 15) is 4.79 Å². The number of carbonyl (C=O) groups is 1. The summed E-state index contributed by atoms with van der Waals surface area (Å²) in [6, 6.07) is 22.2. The van der Waals surface area contributed by atoms with Crippen LogP contribution in [-0.2, 0) is 4.79 Å². The van der Waals surface area contributed by atoms with Crippen molar-refractivity contribution >= 4 is 58.7 Å². The van der Waals surface area contributed by atoms with Crippen LogP contribution in [0.1, 0.15) is 5.56 Å². The maximum absolute atomic E-state index is 12.4. The summed E-state index contributed by atoms with van der Waals surface area (Å²) in [6.45, 7) is 0. The monoisotopic (exact) mass is 515 g/mol. The number of thioether (sulfide) groups is 1. The molecule has 0 unspecified atom stereocenters. The van der Waals surface area contributed by atoms with Crippen LogP contribution in [0.25, 0.3) is 17.1 Å². The van der Waals surface area contributed by atoms with Gasteiger partial charge in [-0.1, -0.05) is 83.0 Å². The summed E-state index contributed by atoms with van der Waals surface area (Å²) in [6.07, 6.45) is 1.41. The zero-order valence-corrected chi connectivity index (χ0v) is 20.0. The number of amides is 1. The zero-order chi connectivity index (χ0) is 23.2. The van der Waals surface area contributed by atoms with Crippen LogP contribution in [0.4, 0.5) is 0 Å². The van der Waals surface area contributed by atoms with Gasteiger partial charge < -0.3 is 0 Å². The van der Waals surface area contributed by atoms with Crippen molar-refractivity contribution in [1.29, 1.82) is 0 Å². The fraction of sp³-hybridized carbons (Fsp3) is 0.0435. The van der Waals surface area contributed by atoms with Crippen LogP contribution >= 0.6 is 46.6 Å². The van der Waals surface area contributed by atoms with Gasteiger partial charge in [0.05, 0.1) is 22.0 Å². The molecule has 6 nitrogen and oxygen atoms in total. The molecule has 1 N–H and O–H groups in total. The number of hydrazone groups is 1. The molecule has 10 heteroatoms. The molecule has 1 amide bonds. The van der Waals surface area contributed by atoms with E-state index in [4.69, 9.17) is 34.8 Å². The molecule has 1 heterocycles. The van der Waals surface area contributed by atoms with Gasteiger partial charge in [0, 0.05) is 21.8 Å². The highest BCUT2D eigenvalue weighted by Gasteiger charge is 2.17. The molecule has 0 aliphatic rings. The van der Waals surface area contributed by atoms with Gasteiger partial charge in [0.2, 0.25) is 0 Å². The number of hydrogen-bond acceptors (Lipinski definition) is 5. The Bertz CT molecular complexity index is 1270. The molecule has 0 fully saturated rings. The molecule has 0 aliphatic carbocycles. The molecular weight excluding hydrogens is 501 g/mol. The Morgan fingerprint density at radius 1 is 0.939 bits per heavy atom. The first-order valence-electron chi connectivity index (χ1n) is 9.68. The molecule has 33 heavy (non-hydrogen) atoms. The summed E-state index contributed by atoms with van der Waals surface area (Å²) in [5.74, 6) is 0.423. The van der Waals surface area contributed by atoms with Crippen molar-refractivity contribution in [2.45, 2.75) is 5.16 Å². The topological polar surface area (TPSA) is 72.2 Å². The van der Waals surface area contributed by atoms with E-state index in [1.54, 1.807) is 30.3 Å². The second-order valence-corrected chi connectivity index (χ2v) is 8.89. The SMILES string of the molecule is O=C(CSc1nnc(-c2ccccc2)n1-c1ccc(Cl)cc1)N/N=C/c1c(Cl)cccc1Cl. The average molecular weight is 517 g/mol. The van der Waals surface area contributed by atoms with Crippen molar-refractivity contribution in [2.24, 2.45) is 5.10 Å². The third-order valence-electron chi connectivity index (χ3n) is 4.47. The van der Waals surface area contributed by atoms with E-state index in [0.717, 1.165) is 11.3 Å². The highest BCUT2D eigenvalue weighted by molar-refractivity contribution is 7.99. The van der Waals surface area contributed by atoms with Crippen LogP contribution in [0, 0.1) is 0 Å². The Morgan fingerprint density at radius 2 is 1.64 bits per heavy atom. The molecule has 3 aromatic carbocycles. The van der Waals surface area contributed by atoms with Gasteiger partial charge in [0.1, 0.15) is 0 Å². The summed E-state index contributed by atoms with van der Waals surface area (Å²) in [7, 11) is 0. The van der Waals surface area contributed by atoms with Crippen molar-refractivity contribution in [3.8, 4) is 17.1 Å². The van der Waals surface area contributed by atoms with Gasteiger partial charge in [-0.25, -0.2) is 5.43 Å². The summed E-state index contributed by atoms with van der Waals surface area (Å²) in [5.41, 5.74) is 4.74. The van der Waals surface area contributed by atoms with Crippen LogP contribution in [0.2, 0.25) is 15.1 Å². The minimum Gasteiger partial charge on any atom is -0.272 e. The Hall–Kier alpha value is -2.84. The number of rotatable bonds is 7.